The minimum Gasteiger partial charge on any atom is -0.478 e. The monoisotopic (exact) mass is 472 g/mol. The average molecular weight is 473 g/mol. The van der Waals surface area contributed by atoms with Crippen molar-refractivity contribution >= 4 is 35.6 Å². The van der Waals surface area contributed by atoms with Gasteiger partial charge < -0.3 is 20.3 Å². The number of carbonyl (C=O) groups excluding carboxylic acids is 3. The molecule has 2 aromatic carbocycles. The third-order valence-electron chi connectivity index (χ3n) is 5.72. The van der Waals surface area contributed by atoms with Gasteiger partial charge in [-0.15, -0.1) is 0 Å². The maximum absolute atomic E-state index is 12.9. The quantitative estimate of drug-likeness (QED) is 0.374. The van der Waals surface area contributed by atoms with E-state index in [1.54, 1.807) is 36.4 Å². The van der Waals surface area contributed by atoms with Crippen molar-refractivity contribution in [2.45, 2.75) is 20.8 Å². The van der Waals surface area contributed by atoms with E-state index in [0.29, 0.717) is 16.9 Å². The minimum absolute atomic E-state index is 0.0534. The van der Waals surface area contributed by atoms with Crippen molar-refractivity contribution in [2.24, 2.45) is 0 Å². The van der Waals surface area contributed by atoms with E-state index in [1.165, 1.54) is 6.07 Å². The molecule has 1 aliphatic heterocycles. The van der Waals surface area contributed by atoms with Gasteiger partial charge in [0.25, 0.3) is 5.91 Å². The van der Waals surface area contributed by atoms with Crippen LogP contribution in [0.1, 0.15) is 32.9 Å². The Balaban J connectivity index is 1.54. The molecule has 9 heteroatoms. The number of imide groups is 1. The van der Waals surface area contributed by atoms with Gasteiger partial charge in [0, 0.05) is 22.8 Å². The Labute approximate surface area is 201 Å². The number of rotatable bonds is 6. The number of carboxylic acids is 1. The Morgan fingerprint density at radius 1 is 1.03 bits per heavy atom. The van der Waals surface area contributed by atoms with Gasteiger partial charge in [-0.2, -0.15) is 0 Å². The summed E-state index contributed by atoms with van der Waals surface area (Å²) >= 11 is 0. The molecule has 35 heavy (non-hydrogen) atoms. The summed E-state index contributed by atoms with van der Waals surface area (Å²) in [4.78, 5) is 49.9. The highest BCUT2D eigenvalue weighted by Crippen LogP contribution is 2.24. The lowest BCUT2D eigenvalue weighted by Gasteiger charge is -2.12. The Morgan fingerprint density at radius 3 is 2.43 bits per heavy atom. The van der Waals surface area contributed by atoms with Gasteiger partial charge in [0.1, 0.15) is 12.2 Å². The zero-order valence-electron chi connectivity index (χ0n) is 19.5. The Bertz CT molecular complexity index is 1390. The number of hydrogen-bond acceptors (Lipinski definition) is 4. The van der Waals surface area contributed by atoms with E-state index < -0.39 is 30.4 Å². The smallest absolute Gasteiger partial charge is 0.335 e. The van der Waals surface area contributed by atoms with Gasteiger partial charge in [0.15, 0.2) is 0 Å². The normalized spacial score (nSPS) is 14.4. The number of anilines is 1. The number of aryl methyl sites for hydroxylation is 2. The second-order valence-electron chi connectivity index (χ2n) is 8.31. The molecule has 0 radical (unpaired) electrons. The SMILES string of the molecule is Cc1ccc(NC(=O)CN2C(=O)N/C(=C/c3cc(C)n(-c4cccc(C(=O)O)c4)c3C)C2=O)cc1. The van der Waals surface area contributed by atoms with Crippen LogP contribution in [-0.2, 0) is 9.59 Å². The molecule has 178 valence electrons. The van der Waals surface area contributed by atoms with E-state index in [2.05, 4.69) is 10.6 Å². The van der Waals surface area contributed by atoms with Crippen molar-refractivity contribution in [3.05, 3.63) is 88.4 Å². The fourth-order valence-electron chi connectivity index (χ4n) is 3.96. The number of carbonyl (C=O) groups is 4. The van der Waals surface area contributed by atoms with Crippen molar-refractivity contribution in [1.29, 1.82) is 0 Å². The molecule has 4 rings (SSSR count). The number of hydrogen-bond donors (Lipinski definition) is 3. The third-order valence-corrected chi connectivity index (χ3v) is 5.72. The first-order chi connectivity index (χ1) is 16.6. The lowest BCUT2D eigenvalue weighted by atomic mass is 10.2. The van der Waals surface area contributed by atoms with E-state index in [9.17, 15) is 24.3 Å². The Morgan fingerprint density at radius 2 is 1.74 bits per heavy atom. The summed E-state index contributed by atoms with van der Waals surface area (Å²) in [5, 5.41) is 14.5. The second kappa shape index (κ2) is 9.30. The first-order valence-corrected chi connectivity index (χ1v) is 10.9. The number of nitrogens with one attached hydrogen (secondary N) is 2. The molecule has 2 heterocycles. The minimum atomic E-state index is -1.03. The largest absolute Gasteiger partial charge is 0.478 e. The summed E-state index contributed by atoms with van der Waals surface area (Å²) in [6.45, 7) is 5.20. The summed E-state index contributed by atoms with van der Waals surface area (Å²) in [6, 6.07) is 14.9. The average Bonchev–Trinajstić information content (AvgIpc) is 3.24. The van der Waals surface area contributed by atoms with Crippen molar-refractivity contribution < 1.29 is 24.3 Å². The van der Waals surface area contributed by atoms with Gasteiger partial charge >= 0.3 is 12.0 Å². The van der Waals surface area contributed by atoms with Crippen molar-refractivity contribution in [2.75, 3.05) is 11.9 Å². The van der Waals surface area contributed by atoms with Gasteiger partial charge in [0.05, 0.1) is 5.56 Å². The maximum atomic E-state index is 12.9. The Kier molecular flexibility index (Phi) is 6.24. The number of benzene rings is 2. The van der Waals surface area contributed by atoms with Gasteiger partial charge in [0.2, 0.25) is 5.91 Å². The molecule has 0 saturated carbocycles. The fourth-order valence-corrected chi connectivity index (χ4v) is 3.96. The van der Waals surface area contributed by atoms with E-state index in [-0.39, 0.29) is 11.3 Å². The summed E-state index contributed by atoms with van der Waals surface area (Å²) < 4.78 is 1.87. The number of aromatic nitrogens is 1. The van der Waals surface area contributed by atoms with Crippen LogP contribution in [0.15, 0.2) is 60.3 Å². The van der Waals surface area contributed by atoms with Crippen LogP contribution in [-0.4, -0.2) is 44.9 Å². The summed E-state index contributed by atoms with van der Waals surface area (Å²) in [5.41, 5.74) is 4.76. The van der Waals surface area contributed by atoms with Crippen LogP contribution >= 0.6 is 0 Å². The van der Waals surface area contributed by atoms with Crippen LogP contribution in [0.5, 0.6) is 0 Å². The summed E-state index contributed by atoms with van der Waals surface area (Å²) in [6.07, 6.45) is 1.55. The summed E-state index contributed by atoms with van der Waals surface area (Å²) in [7, 11) is 0. The molecule has 1 fully saturated rings. The van der Waals surface area contributed by atoms with Crippen LogP contribution in [0.2, 0.25) is 0 Å². The number of carboxylic acid groups (broad SMARTS) is 1. The molecule has 0 spiro atoms. The van der Waals surface area contributed by atoms with E-state index >= 15 is 0 Å². The molecule has 0 bridgehead atoms. The standard InChI is InChI=1S/C26H24N4O5/c1-15-7-9-20(10-8-15)27-23(31)14-29-24(32)22(28-26(29)35)13-19-11-16(2)30(17(19)3)21-6-4-5-18(12-21)25(33)34/h4-13H,14H2,1-3H3,(H,27,31)(H,28,35)(H,33,34)/b22-13+. The molecule has 4 amide bonds. The predicted octanol–water partition coefficient (Wildman–Crippen LogP) is 3.63. The molecule has 0 atom stereocenters. The highest BCUT2D eigenvalue weighted by atomic mass is 16.4. The molecule has 9 nitrogen and oxygen atoms in total. The van der Waals surface area contributed by atoms with E-state index in [0.717, 1.165) is 21.9 Å². The van der Waals surface area contributed by atoms with Gasteiger partial charge in [-0.05, 0) is 68.8 Å². The lowest BCUT2D eigenvalue weighted by molar-refractivity contribution is -0.127. The van der Waals surface area contributed by atoms with Crippen LogP contribution in [0.3, 0.4) is 0 Å². The summed E-state index contributed by atoms with van der Waals surface area (Å²) in [5.74, 6) is -2.12. The van der Waals surface area contributed by atoms with Crippen LogP contribution in [0.4, 0.5) is 10.5 Å². The van der Waals surface area contributed by atoms with Crippen molar-refractivity contribution in [1.82, 2.24) is 14.8 Å². The molecule has 3 N–H and O–H groups in total. The van der Waals surface area contributed by atoms with Gasteiger partial charge in [-0.25, -0.2) is 14.5 Å². The van der Waals surface area contributed by atoms with Gasteiger partial charge in [-0.3, -0.25) is 9.59 Å². The fraction of sp³-hybridized carbons (Fsp3) is 0.154. The molecule has 1 aromatic heterocycles. The number of nitrogens with zero attached hydrogens (tertiary/aromatic N) is 2. The molecule has 0 aliphatic carbocycles. The topological polar surface area (TPSA) is 121 Å². The van der Waals surface area contributed by atoms with Crippen LogP contribution in [0.25, 0.3) is 11.8 Å². The first-order valence-electron chi connectivity index (χ1n) is 10.9. The van der Waals surface area contributed by atoms with Gasteiger partial charge in [-0.1, -0.05) is 23.8 Å². The molecule has 0 unspecified atom stereocenters. The zero-order chi connectivity index (χ0) is 25.3. The first kappa shape index (κ1) is 23.5. The predicted molar refractivity (Wildman–Crippen MR) is 130 cm³/mol. The number of aromatic carboxylic acids is 1. The second-order valence-corrected chi connectivity index (χ2v) is 8.31. The molecule has 1 saturated heterocycles. The van der Waals surface area contributed by atoms with Crippen LogP contribution in [0, 0.1) is 20.8 Å². The zero-order valence-corrected chi connectivity index (χ0v) is 19.5. The molecular weight excluding hydrogens is 448 g/mol. The van der Waals surface area contributed by atoms with Crippen molar-refractivity contribution in [3.8, 4) is 5.69 Å². The van der Waals surface area contributed by atoms with Crippen molar-refractivity contribution in [3.63, 3.8) is 0 Å². The number of amides is 4. The molecular formula is C26H24N4O5. The third kappa shape index (κ3) is 4.84. The molecule has 3 aromatic rings. The Hall–Kier alpha value is -4.66. The lowest BCUT2D eigenvalue weighted by Crippen LogP contribution is -2.38. The number of urea groups is 1. The van der Waals surface area contributed by atoms with E-state index in [1.807, 2.05) is 43.5 Å². The molecule has 1 aliphatic rings. The van der Waals surface area contributed by atoms with E-state index in [4.69, 9.17) is 0 Å². The highest BCUT2D eigenvalue weighted by molar-refractivity contribution is 6.16. The highest BCUT2D eigenvalue weighted by Gasteiger charge is 2.35. The van der Waals surface area contributed by atoms with Crippen LogP contribution < -0.4 is 10.6 Å². The maximum Gasteiger partial charge on any atom is 0.335 e.